The average molecular weight is 406 g/mol. The lowest BCUT2D eigenvalue weighted by molar-refractivity contribution is -0.141. The number of rotatable bonds is 7. The summed E-state index contributed by atoms with van der Waals surface area (Å²) in [6, 6.07) is 7.68. The fraction of sp³-hybridized carbons (Fsp3) is 0.211. The number of halogens is 2. The molecule has 0 spiro atoms. The Morgan fingerprint density at radius 3 is 2.71 bits per heavy atom. The summed E-state index contributed by atoms with van der Waals surface area (Å²) in [5.41, 5.74) is 1.18. The Morgan fingerprint density at radius 1 is 1.18 bits per heavy atom. The third-order valence-corrected chi connectivity index (χ3v) is 4.18. The molecule has 0 bridgehead atoms. The predicted molar refractivity (Wildman–Crippen MR) is 103 cm³/mol. The Balaban J connectivity index is 1.93. The van der Waals surface area contributed by atoms with Crippen LogP contribution < -0.4 is 14.8 Å². The van der Waals surface area contributed by atoms with Gasteiger partial charge in [-0.1, -0.05) is 11.6 Å². The van der Waals surface area contributed by atoms with Gasteiger partial charge in [-0.15, -0.1) is 0 Å². The van der Waals surface area contributed by atoms with Crippen LogP contribution in [0.5, 0.6) is 11.5 Å². The van der Waals surface area contributed by atoms with Crippen LogP contribution in [0.4, 0.5) is 15.9 Å². The molecular formula is C19H17ClFN3O4. The van der Waals surface area contributed by atoms with Crippen molar-refractivity contribution in [3.8, 4) is 11.5 Å². The molecule has 3 rings (SSSR count). The van der Waals surface area contributed by atoms with E-state index >= 15 is 0 Å². The first kappa shape index (κ1) is 19.6. The van der Waals surface area contributed by atoms with Crippen LogP contribution in [-0.4, -0.2) is 36.8 Å². The lowest BCUT2D eigenvalue weighted by atomic mass is 10.2. The molecule has 0 aliphatic carbocycles. The minimum absolute atomic E-state index is 0.00290. The highest BCUT2D eigenvalue weighted by Crippen LogP contribution is 2.35. The van der Waals surface area contributed by atoms with Gasteiger partial charge in [0.25, 0.3) is 0 Å². The molecule has 0 radical (unpaired) electrons. The van der Waals surface area contributed by atoms with E-state index in [1.54, 1.807) is 18.2 Å². The maximum atomic E-state index is 13.4. The van der Waals surface area contributed by atoms with Gasteiger partial charge in [0, 0.05) is 17.1 Å². The van der Waals surface area contributed by atoms with Gasteiger partial charge in [-0.25, -0.2) is 14.4 Å². The predicted octanol–water partition coefficient (Wildman–Crippen LogP) is 4.12. The summed E-state index contributed by atoms with van der Waals surface area (Å²) < 4.78 is 29.0. The fourth-order valence-corrected chi connectivity index (χ4v) is 2.67. The number of hydrogen-bond donors (Lipinski definition) is 1. The Morgan fingerprint density at radius 2 is 2.00 bits per heavy atom. The van der Waals surface area contributed by atoms with Gasteiger partial charge in [-0.05, 0) is 24.3 Å². The summed E-state index contributed by atoms with van der Waals surface area (Å²) in [4.78, 5) is 19.8. The summed E-state index contributed by atoms with van der Waals surface area (Å²) in [5, 5.41) is 3.74. The van der Waals surface area contributed by atoms with Crippen molar-refractivity contribution in [2.45, 2.75) is 6.42 Å². The Labute approximate surface area is 165 Å². The molecule has 0 aliphatic heterocycles. The molecule has 0 amide bonds. The maximum absolute atomic E-state index is 13.4. The number of ether oxygens (including phenoxy) is 3. The summed E-state index contributed by atoms with van der Waals surface area (Å²) in [6.07, 6.45) is 1.50. The Bertz CT molecular complexity index is 1020. The van der Waals surface area contributed by atoms with Gasteiger partial charge in [0.05, 0.1) is 37.8 Å². The zero-order valence-electron chi connectivity index (χ0n) is 15.2. The van der Waals surface area contributed by atoms with Gasteiger partial charge < -0.3 is 19.5 Å². The van der Waals surface area contributed by atoms with E-state index < -0.39 is 5.82 Å². The SMILES string of the molecule is COC(=O)CCOc1cc2c(Nc3ccc(F)c(Cl)c3)ncnc2cc1OC. The molecule has 0 atom stereocenters. The summed E-state index contributed by atoms with van der Waals surface area (Å²) in [5.74, 6) is 0.485. The Kier molecular flexibility index (Phi) is 6.10. The van der Waals surface area contributed by atoms with Crippen LogP contribution in [0.1, 0.15) is 6.42 Å². The smallest absolute Gasteiger partial charge is 0.308 e. The van der Waals surface area contributed by atoms with Gasteiger partial charge in [0.1, 0.15) is 18.0 Å². The second-order valence-corrected chi connectivity index (χ2v) is 6.08. The molecular weight excluding hydrogens is 389 g/mol. The van der Waals surface area contributed by atoms with Crippen LogP contribution in [0.2, 0.25) is 5.02 Å². The molecule has 0 saturated carbocycles. The summed E-state index contributed by atoms with van der Waals surface area (Å²) >= 11 is 5.84. The number of hydrogen-bond acceptors (Lipinski definition) is 7. The second kappa shape index (κ2) is 8.71. The first-order valence-corrected chi connectivity index (χ1v) is 8.64. The molecule has 0 fully saturated rings. The topological polar surface area (TPSA) is 82.6 Å². The molecule has 146 valence electrons. The van der Waals surface area contributed by atoms with Crippen molar-refractivity contribution < 1.29 is 23.4 Å². The minimum atomic E-state index is -0.509. The third kappa shape index (κ3) is 4.40. The van der Waals surface area contributed by atoms with Crippen LogP contribution >= 0.6 is 11.6 Å². The van der Waals surface area contributed by atoms with E-state index in [2.05, 4.69) is 20.0 Å². The van der Waals surface area contributed by atoms with E-state index in [-0.39, 0.29) is 24.0 Å². The highest BCUT2D eigenvalue weighted by atomic mass is 35.5. The van der Waals surface area contributed by atoms with Gasteiger partial charge in [0.2, 0.25) is 0 Å². The number of nitrogens with one attached hydrogen (secondary N) is 1. The van der Waals surface area contributed by atoms with Crippen molar-refractivity contribution in [2.24, 2.45) is 0 Å². The van der Waals surface area contributed by atoms with Gasteiger partial charge in [-0.2, -0.15) is 0 Å². The summed E-state index contributed by atoms with van der Waals surface area (Å²) in [6.45, 7) is 0.124. The molecule has 7 nitrogen and oxygen atoms in total. The maximum Gasteiger partial charge on any atom is 0.308 e. The van der Waals surface area contributed by atoms with Crippen molar-refractivity contribution in [2.75, 3.05) is 26.1 Å². The third-order valence-electron chi connectivity index (χ3n) is 3.89. The monoisotopic (exact) mass is 405 g/mol. The molecule has 2 aromatic carbocycles. The van der Waals surface area contributed by atoms with Crippen LogP contribution in [0.25, 0.3) is 10.9 Å². The first-order chi connectivity index (χ1) is 13.5. The lowest BCUT2D eigenvalue weighted by Crippen LogP contribution is -2.08. The van der Waals surface area contributed by atoms with Crippen molar-refractivity contribution in [1.29, 1.82) is 0 Å². The van der Waals surface area contributed by atoms with E-state index in [0.717, 1.165) is 0 Å². The minimum Gasteiger partial charge on any atom is -0.493 e. The number of esters is 1. The molecule has 9 heteroatoms. The number of aromatic nitrogens is 2. The molecule has 0 saturated heterocycles. The molecule has 3 aromatic rings. The Hall–Kier alpha value is -3.13. The van der Waals surface area contributed by atoms with E-state index in [1.807, 2.05) is 0 Å². The van der Waals surface area contributed by atoms with Crippen molar-refractivity contribution in [1.82, 2.24) is 9.97 Å². The number of fused-ring (bicyclic) bond motifs is 1. The van der Waals surface area contributed by atoms with Crippen LogP contribution in [0, 0.1) is 5.82 Å². The van der Waals surface area contributed by atoms with E-state index in [0.29, 0.717) is 33.9 Å². The zero-order chi connectivity index (χ0) is 20.1. The fourth-order valence-electron chi connectivity index (χ4n) is 2.49. The van der Waals surface area contributed by atoms with Crippen molar-refractivity contribution >= 4 is 40.0 Å². The number of benzene rings is 2. The number of carbonyl (C=O) groups is 1. The van der Waals surface area contributed by atoms with Gasteiger partial charge >= 0.3 is 5.97 Å². The van der Waals surface area contributed by atoms with Crippen LogP contribution in [0.3, 0.4) is 0 Å². The molecule has 1 aromatic heterocycles. The van der Waals surface area contributed by atoms with Crippen molar-refractivity contribution in [3.63, 3.8) is 0 Å². The average Bonchev–Trinajstić information content (AvgIpc) is 2.70. The van der Waals surface area contributed by atoms with Gasteiger partial charge in [-0.3, -0.25) is 4.79 Å². The second-order valence-electron chi connectivity index (χ2n) is 5.67. The van der Waals surface area contributed by atoms with E-state index in [1.165, 1.54) is 32.7 Å². The van der Waals surface area contributed by atoms with E-state index in [4.69, 9.17) is 21.1 Å². The molecule has 1 N–H and O–H groups in total. The highest BCUT2D eigenvalue weighted by molar-refractivity contribution is 6.31. The lowest BCUT2D eigenvalue weighted by Gasteiger charge is -2.14. The highest BCUT2D eigenvalue weighted by Gasteiger charge is 2.13. The number of methoxy groups -OCH3 is 2. The van der Waals surface area contributed by atoms with Crippen LogP contribution in [0.15, 0.2) is 36.7 Å². The number of carbonyl (C=O) groups excluding carboxylic acids is 1. The van der Waals surface area contributed by atoms with E-state index in [9.17, 15) is 9.18 Å². The molecule has 1 heterocycles. The quantitative estimate of drug-likeness (QED) is 0.592. The molecule has 0 aliphatic rings. The normalized spacial score (nSPS) is 10.6. The standard InChI is InChI=1S/C19H17ClFN3O4/c1-26-16-9-15-12(8-17(16)28-6-5-18(25)27-2)19(23-10-22-15)24-11-3-4-14(21)13(20)7-11/h3-4,7-10H,5-6H2,1-2H3,(H,22,23,24). The number of anilines is 2. The van der Waals surface area contributed by atoms with Gasteiger partial charge in [0.15, 0.2) is 11.5 Å². The number of nitrogens with zero attached hydrogens (tertiary/aromatic N) is 2. The largest absolute Gasteiger partial charge is 0.493 e. The zero-order valence-corrected chi connectivity index (χ0v) is 15.9. The van der Waals surface area contributed by atoms with Crippen LogP contribution in [-0.2, 0) is 9.53 Å². The molecule has 0 unspecified atom stereocenters. The summed E-state index contributed by atoms with van der Waals surface area (Å²) in [7, 11) is 2.82. The van der Waals surface area contributed by atoms with Crippen molar-refractivity contribution in [3.05, 3.63) is 47.5 Å². The first-order valence-electron chi connectivity index (χ1n) is 8.26. The molecule has 28 heavy (non-hydrogen) atoms.